The van der Waals surface area contributed by atoms with Crippen LogP contribution in [0.3, 0.4) is 0 Å². The highest BCUT2D eigenvalue weighted by atomic mass is 32.2. The maximum Gasteiger partial charge on any atom is 0.282 e. The maximum atomic E-state index is 13.1. The summed E-state index contributed by atoms with van der Waals surface area (Å²) >= 11 is 0. The van der Waals surface area contributed by atoms with Crippen molar-refractivity contribution in [1.29, 1.82) is 0 Å². The summed E-state index contributed by atoms with van der Waals surface area (Å²) in [5.74, 6) is -1.11. The average Bonchev–Trinajstić information content (AvgIpc) is 2.99. The molecule has 0 aromatic heterocycles. The minimum atomic E-state index is -2.75. The lowest BCUT2D eigenvalue weighted by molar-refractivity contribution is -0.385. The number of methoxy groups -OCH3 is 1. The van der Waals surface area contributed by atoms with E-state index in [-0.39, 0.29) is 21.6 Å². The molecule has 1 aliphatic rings. The highest BCUT2D eigenvalue weighted by Gasteiger charge is 2.45. The molecule has 0 spiro atoms. The number of nitro groups is 1. The fraction of sp³-hybridized carbons (Fsp3) is 0.250. The summed E-state index contributed by atoms with van der Waals surface area (Å²) in [4.78, 5) is 37.3. The van der Waals surface area contributed by atoms with Crippen LogP contribution in [0.15, 0.2) is 36.4 Å². The highest BCUT2D eigenvalue weighted by Crippen LogP contribution is 2.38. The molecule has 10 nitrogen and oxygen atoms in total. The van der Waals surface area contributed by atoms with Crippen molar-refractivity contribution in [2.24, 2.45) is 0 Å². The third kappa shape index (κ3) is 3.75. The number of rotatable bonds is 7. The Hall–Kier alpha value is -3.73. The molecule has 2 aromatic rings. The quantitative estimate of drug-likeness (QED) is 0.274. The number of hydrogen-bond donors (Lipinski definition) is 0. The van der Waals surface area contributed by atoms with Gasteiger partial charge in [-0.05, 0) is 37.6 Å². The summed E-state index contributed by atoms with van der Waals surface area (Å²) in [7, 11) is -1.32. The Balaban J connectivity index is 2.23. The molecule has 0 bridgehead atoms. The second-order valence-corrected chi connectivity index (χ2v) is 7.64. The Bertz CT molecular complexity index is 1230. The zero-order valence-corrected chi connectivity index (χ0v) is 17.6. The van der Waals surface area contributed by atoms with Gasteiger partial charge in [0.15, 0.2) is 11.5 Å². The van der Waals surface area contributed by atoms with Crippen molar-refractivity contribution in [3.63, 3.8) is 0 Å². The van der Waals surface area contributed by atoms with Crippen LogP contribution in [0.25, 0.3) is 0 Å². The molecule has 1 unspecified atom stereocenters. The van der Waals surface area contributed by atoms with Gasteiger partial charge in [-0.1, -0.05) is 12.1 Å². The number of fused-ring (bicyclic) bond motifs is 1. The topological polar surface area (TPSA) is 133 Å². The minimum Gasteiger partial charge on any atom is -0.493 e. The van der Waals surface area contributed by atoms with E-state index in [1.807, 2.05) is 0 Å². The van der Waals surface area contributed by atoms with Gasteiger partial charge in [-0.2, -0.15) is 8.42 Å². The monoisotopic (exact) mass is 446 g/mol. The molecular weight excluding hydrogens is 428 g/mol. The van der Waals surface area contributed by atoms with Crippen molar-refractivity contribution in [3.05, 3.63) is 63.2 Å². The number of ether oxygens (including phenoxy) is 2. The Morgan fingerprint density at radius 3 is 2.45 bits per heavy atom. The van der Waals surface area contributed by atoms with Crippen LogP contribution in [0.5, 0.6) is 11.5 Å². The third-order valence-electron chi connectivity index (χ3n) is 4.83. The van der Waals surface area contributed by atoms with E-state index in [9.17, 15) is 28.1 Å². The van der Waals surface area contributed by atoms with Gasteiger partial charge in [0.2, 0.25) is 10.3 Å². The van der Waals surface area contributed by atoms with Crippen LogP contribution >= 0.6 is 0 Å². The number of carbonyl (C=O) groups excluding carboxylic acids is 2. The Labute approximate surface area is 178 Å². The first-order chi connectivity index (χ1) is 14.7. The van der Waals surface area contributed by atoms with Gasteiger partial charge in [0, 0.05) is 6.07 Å². The van der Waals surface area contributed by atoms with E-state index in [0.717, 1.165) is 11.0 Å². The number of nitrogens with zero attached hydrogens (tertiary/aromatic N) is 2. The van der Waals surface area contributed by atoms with E-state index >= 15 is 0 Å². The molecule has 162 valence electrons. The number of nitro benzene ring substituents is 1. The van der Waals surface area contributed by atoms with Crippen molar-refractivity contribution in [3.8, 4) is 11.5 Å². The summed E-state index contributed by atoms with van der Waals surface area (Å²) in [6.07, 6.45) is 0. The van der Waals surface area contributed by atoms with Gasteiger partial charge in [-0.15, -0.1) is 0 Å². The number of amides is 2. The van der Waals surface area contributed by atoms with Crippen LogP contribution in [-0.2, 0) is 10.3 Å². The lowest BCUT2D eigenvalue weighted by Crippen LogP contribution is -2.38. The lowest BCUT2D eigenvalue weighted by Gasteiger charge is -2.26. The van der Waals surface area contributed by atoms with Gasteiger partial charge < -0.3 is 9.47 Å². The zero-order chi connectivity index (χ0) is 22.9. The van der Waals surface area contributed by atoms with Crippen molar-refractivity contribution in [2.45, 2.75) is 19.9 Å². The third-order valence-corrected chi connectivity index (χ3v) is 5.58. The maximum absolute atomic E-state index is 13.1. The Morgan fingerprint density at radius 2 is 1.87 bits per heavy atom. The Kier molecular flexibility index (Phi) is 6.07. The van der Waals surface area contributed by atoms with E-state index in [0.29, 0.717) is 18.1 Å². The van der Waals surface area contributed by atoms with Crippen LogP contribution in [0.2, 0.25) is 0 Å². The first kappa shape index (κ1) is 22.0. The number of hydrogen-bond acceptors (Lipinski definition) is 8. The van der Waals surface area contributed by atoms with Gasteiger partial charge in [0.05, 0.1) is 29.1 Å². The Morgan fingerprint density at radius 1 is 1.16 bits per heavy atom. The summed E-state index contributed by atoms with van der Waals surface area (Å²) < 4.78 is 34.4. The molecule has 1 atom stereocenters. The SMILES string of the molecule is CCOc1cc(C(C(C)=S(=O)=O)N2C(=O)c3cccc([N+](=O)[O-])c3C2=O)ccc1OC. The normalized spacial score (nSPS) is 13.6. The van der Waals surface area contributed by atoms with Crippen LogP contribution in [-0.4, -0.2) is 48.6 Å². The predicted molar refractivity (Wildman–Crippen MR) is 110 cm³/mol. The number of carbonyl (C=O) groups is 2. The minimum absolute atomic E-state index is 0.160. The number of benzene rings is 2. The fourth-order valence-corrected chi connectivity index (χ4v) is 3.88. The molecule has 1 heterocycles. The molecule has 11 heteroatoms. The highest BCUT2D eigenvalue weighted by molar-refractivity contribution is 7.73. The van der Waals surface area contributed by atoms with Gasteiger partial charge >= 0.3 is 0 Å². The second-order valence-electron chi connectivity index (χ2n) is 6.53. The molecule has 0 fully saturated rings. The molecule has 3 rings (SSSR count). The van der Waals surface area contributed by atoms with Crippen LogP contribution in [0.4, 0.5) is 5.69 Å². The average molecular weight is 446 g/mol. The molecule has 0 N–H and O–H groups in total. The van der Waals surface area contributed by atoms with E-state index in [1.54, 1.807) is 6.92 Å². The molecule has 0 radical (unpaired) electrons. The van der Waals surface area contributed by atoms with Crippen molar-refractivity contribution < 1.29 is 32.4 Å². The number of imide groups is 1. The van der Waals surface area contributed by atoms with E-state index in [1.165, 1.54) is 44.4 Å². The molecule has 31 heavy (non-hydrogen) atoms. The lowest BCUT2D eigenvalue weighted by atomic mass is 10.0. The van der Waals surface area contributed by atoms with Crippen LogP contribution in [0.1, 0.15) is 46.2 Å². The standard InChI is InChI=1S/C20H18N2O8S/c1-4-30-16-10-12(8-9-15(16)29-3)18(11(2)31(27)28)21-19(23)13-6-5-7-14(22(25)26)17(13)20(21)24/h5-10,18H,4H2,1-3H3. The molecular formula is C20H18N2O8S. The smallest absolute Gasteiger partial charge is 0.282 e. The fourth-order valence-electron chi connectivity index (χ4n) is 3.46. The van der Waals surface area contributed by atoms with Gasteiger partial charge in [0.25, 0.3) is 17.5 Å². The largest absolute Gasteiger partial charge is 0.493 e. The summed E-state index contributed by atoms with van der Waals surface area (Å²) in [6.45, 7) is 3.30. The van der Waals surface area contributed by atoms with Crippen LogP contribution in [0, 0.1) is 10.1 Å². The predicted octanol–water partition coefficient (Wildman–Crippen LogP) is 2.41. The molecule has 0 aliphatic carbocycles. The molecule has 0 saturated carbocycles. The molecule has 2 aromatic carbocycles. The van der Waals surface area contributed by atoms with Crippen LogP contribution < -0.4 is 9.47 Å². The molecule has 2 amide bonds. The van der Waals surface area contributed by atoms with E-state index in [2.05, 4.69) is 0 Å². The molecule has 0 saturated heterocycles. The van der Waals surface area contributed by atoms with Crippen molar-refractivity contribution in [2.75, 3.05) is 13.7 Å². The van der Waals surface area contributed by atoms with Gasteiger partial charge in [0.1, 0.15) is 11.6 Å². The summed E-state index contributed by atoms with van der Waals surface area (Å²) in [5.41, 5.74) is -0.788. The zero-order valence-electron chi connectivity index (χ0n) is 16.8. The van der Waals surface area contributed by atoms with Gasteiger partial charge in [-0.25, -0.2) is 0 Å². The molecule has 1 aliphatic heterocycles. The van der Waals surface area contributed by atoms with Gasteiger partial charge in [-0.3, -0.25) is 24.6 Å². The van der Waals surface area contributed by atoms with E-state index in [4.69, 9.17) is 9.47 Å². The van der Waals surface area contributed by atoms with Crippen molar-refractivity contribution in [1.82, 2.24) is 4.90 Å². The van der Waals surface area contributed by atoms with E-state index < -0.39 is 38.8 Å². The second kappa shape index (κ2) is 8.56. The first-order valence-electron chi connectivity index (χ1n) is 9.11. The summed E-state index contributed by atoms with van der Waals surface area (Å²) in [6, 6.07) is 6.88. The summed E-state index contributed by atoms with van der Waals surface area (Å²) in [5, 5.41) is 11.4. The first-order valence-corrected chi connectivity index (χ1v) is 10.2. The van der Waals surface area contributed by atoms with Crippen molar-refractivity contribution >= 4 is 32.7 Å².